The van der Waals surface area contributed by atoms with Gasteiger partial charge in [0.2, 0.25) is 0 Å². The molecule has 1 atom stereocenters. The minimum absolute atomic E-state index is 0.105. The maximum absolute atomic E-state index is 13.3. The lowest BCUT2D eigenvalue weighted by Crippen LogP contribution is -2.29. The van der Waals surface area contributed by atoms with Crippen LogP contribution in [-0.2, 0) is 14.3 Å². The molecule has 1 aromatic heterocycles. The fourth-order valence-electron chi connectivity index (χ4n) is 4.10. The number of carbonyl (C=O) groups excluding carboxylic acids is 3. The Morgan fingerprint density at radius 3 is 2.53 bits per heavy atom. The molecule has 0 radical (unpaired) electrons. The van der Waals surface area contributed by atoms with Crippen molar-refractivity contribution in [1.82, 2.24) is 4.98 Å². The molecule has 1 amide bonds. The number of carbonyl (C=O) groups is 3. The summed E-state index contributed by atoms with van der Waals surface area (Å²) in [7, 11) is 1.25. The number of aliphatic hydroxyl groups excluding tert-OH is 1. The van der Waals surface area contributed by atoms with E-state index in [9.17, 15) is 19.5 Å². The number of thiazole rings is 1. The Kier molecular flexibility index (Phi) is 6.27. The summed E-state index contributed by atoms with van der Waals surface area (Å²) >= 11 is 4.34. The van der Waals surface area contributed by atoms with E-state index in [0.29, 0.717) is 41.5 Å². The summed E-state index contributed by atoms with van der Waals surface area (Å²) < 4.78 is 16.8. The Balaban J connectivity index is 1.68. The number of aryl methyl sites for hydroxylation is 1. The van der Waals surface area contributed by atoms with Crippen molar-refractivity contribution in [2.45, 2.75) is 13.0 Å². The summed E-state index contributed by atoms with van der Waals surface area (Å²) in [5.74, 6) is -1.74. The predicted octanol–water partition coefficient (Wildman–Crippen LogP) is 4.40. The zero-order chi connectivity index (χ0) is 25.6. The number of anilines is 1. The molecule has 1 unspecified atom stereocenters. The Morgan fingerprint density at radius 2 is 1.83 bits per heavy atom. The number of benzene rings is 2. The second kappa shape index (κ2) is 9.40. The quantitative estimate of drug-likeness (QED) is 0.212. The first-order valence-electron chi connectivity index (χ1n) is 10.8. The summed E-state index contributed by atoms with van der Waals surface area (Å²) in [6, 6.07) is 10.8. The highest BCUT2D eigenvalue weighted by Crippen LogP contribution is 2.45. The van der Waals surface area contributed by atoms with Gasteiger partial charge in [0, 0.05) is 10.0 Å². The van der Waals surface area contributed by atoms with Gasteiger partial charge in [-0.05, 0) is 42.8 Å². The molecule has 0 bridgehead atoms. The highest BCUT2D eigenvalue weighted by Gasteiger charge is 2.48. The topological polar surface area (TPSA) is 115 Å². The smallest absolute Gasteiger partial charge is 0.350 e. The number of ketones is 1. The number of halogens is 1. The number of hydrogen-bond donors (Lipinski definition) is 1. The molecule has 2 aliphatic heterocycles. The number of nitrogens with zero attached hydrogens (tertiary/aromatic N) is 2. The fourth-order valence-corrected chi connectivity index (χ4v) is 5.38. The zero-order valence-corrected chi connectivity index (χ0v) is 21.5. The number of amides is 1. The number of ether oxygens (including phenoxy) is 3. The average molecular weight is 571 g/mol. The second-order valence-corrected chi connectivity index (χ2v) is 9.87. The summed E-state index contributed by atoms with van der Waals surface area (Å²) in [4.78, 5) is 44.6. The third-order valence-corrected chi connectivity index (χ3v) is 7.47. The zero-order valence-electron chi connectivity index (χ0n) is 19.1. The number of esters is 1. The van der Waals surface area contributed by atoms with Crippen LogP contribution in [0.5, 0.6) is 11.5 Å². The van der Waals surface area contributed by atoms with Crippen LogP contribution in [0.25, 0.3) is 5.76 Å². The monoisotopic (exact) mass is 570 g/mol. The van der Waals surface area contributed by atoms with Gasteiger partial charge in [0.05, 0.1) is 24.4 Å². The van der Waals surface area contributed by atoms with Crippen LogP contribution in [0.3, 0.4) is 0 Å². The lowest BCUT2D eigenvalue weighted by Gasteiger charge is -2.23. The molecule has 36 heavy (non-hydrogen) atoms. The van der Waals surface area contributed by atoms with Crippen LogP contribution in [0.1, 0.15) is 32.5 Å². The molecule has 1 saturated heterocycles. The van der Waals surface area contributed by atoms with Gasteiger partial charge < -0.3 is 19.3 Å². The number of aromatic nitrogens is 1. The SMILES string of the molecule is COC(=O)c1sc(N2C(=O)C(=O)/C(=C(/O)c3ccc4c(c3)OCCO4)C2c2ccc(Br)cc2)nc1C. The first kappa shape index (κ1) is 24.0. The van der Waals surface area contributed by atoms with Crippen LogP contribution < -0.4 is 14.4 Å². The van der Waals surface area contributed by atoms with Gasteiger partial charge in [0.25, 0.3) is 5.78 Å². The van der Waals surface area contributed by atoms with Crippen molar-refractivity contribution < 1.29 is 33.7 Å². The van der Waals surface area contributed by atoms with Gasteiger partial charge in [-0.3, -0.25) is 14.5 Å². The standard InChI is InChI=1S/C25H19BrN2O7S/c1-12-22(24(32)33-2)36-25(27-12)28-19(13-3-6-15(26)7-4-13)18(21(30)23(28)31)20(29)14-5-8-16-17(11-14)35-10-9-34-16/h3-8,11,19,29H,9-10H2,1-2H3/b20-18+. The maximum atomic E-state index is 13.3. The van der Waals surface area contributed by atoms with E-state index in [1.54, 1.807) is 49.4 Å². The molecule has 5 rings (SSSR count). The average Bonchev–Trinajstić information content (AvgIpc) is 3.40. The van der Waals surface area contributed by atoms with E-state index in [1.807, 2.05) is 0 Å². The van der Waals surface area contributed by atoms with Gasteiger partial charge in [-0.2, -0.15) is 0 Å². The molecule has 3 aromatic rings. The maximum Gasteiger partial charge on any atom is 0.350 e. The Bertz CT molecular complexity index is 1430. The number of methoxy groups -OCH3 is 1. The minimum Gasteiger partial charge on any atom is -0.507 e. The Labute approximate surface area is 218 Å². The summed E-state index contributed by atoms with van der Waals surface area (Å²) in [6.45, 7) is 2.38. The molecule has 9 nitrogen and oxygen atoms in total. The van der Waals surface area contributed by atoms with E-state index in [2.05, 4.69) is 20.9 Å². The van der Waals surface area contributed by atoms with Crippen LogP contribution in [0, 0.1) is 6.92 Å². The molecule has 3 heterocycles. The largest absolute Gasteiger partial charge is 0.507 e. The lowest BCUT2D eigenvalue weighted by atomic mass is 9.95. The van der Waals surface area contributed by atoms with Gasteiger partial charge in [-0.25, -0.2) is 9.78 Å². The molecular formula is C25H19BrN2O7S. The van der Waals surface area contributed by atoms with Crippen LogP contribution in [0.15, 0.2) is 52.5 Å². The summed E-state index contributed by atoms with van der Waals surface area (Å²) in [6.07, 6.45) is 0. The highest BCUT2D eigenvalue weighted by molar-refractivity contribution is 9.10. The third kappa shape index (κ3) is 4.03. The first-order valence-corrected chi connectivity index (χ1v) is 12.4. The van der Waals surface area contributed by atoms with E-state index in [0.717, 1.165) is 15.8 Å². The Hall–Kier alpha value is -3.70. The lowest BCUT2D eigenvalue weighted by molar-refractivity contribution is -0.132. The number of rotatable bonds is 4. The van der Waals surface area contributed by atoms with Crippen molar-refractivity contribution in [2.75, 3.05) is 25.2 Å². The van der Waals surface area contributed by atoms with Crippen molar-refractivity contribution in [3.8, 4) is 11.5 Å². The van der Waals surface area contributed by atoms with Crippen molar-refractivity contribution in [2.24, 2.45) is 0 Å². The molecule has 11 heteroatoms. The molecule has 0 aliphatic carbocycles. The number of Topliss-reactive ketones (excluding diaryl/α,β-unsaturated/α-hetero) is 1. The molecule has 0 spiro atoms. The van der Waals surface area contributed by atoms with Crippen LogP contribution in [-0.4, -0.2) is 48.1 Å². The second-order valence-electron chi connectivity index (χ2n) is 7.98. The Morgan fingerprint density at radius 1 is 1.14 bits per heavy atom. The van der Waals surface area contributed by atoms with Gasteiger partial charge in [-0.1, -0.05) is 39.4 Å². The van der Waals surface area contributed by atoms with Crippen molar-refractivity contribution in [3.05, 3.63) is 74.2 Å². The van der Waals surface area contributed by atoms with Crippen molar-refractivity contribution >= 4 is 55.8 Å². The number of aliphatic hydroxyl groups is 1. The molecule has 2 aromatic carbocycles. The van der Waals surface area contributed by atoms with Crippen molar-refractivity contribution in [3.63, 3.8) is 0 Å². The van der Waals surface area contributed by atoms with E-state index in [1.165, 1.54) is 12.0 Å². The third-order valence-electron chi connectivity index (χ3n) is 5.81. The molecule has 1 fully saturated rings. The first-order chi connectivity index (χ1) is 17.3. The molecule has 0 saturated carbocycles. The minimum atomic E-state index is -0.984. The van der Waals surface area contributed by atoms with Gasteiger partial charge in [0.15, 0.2) is 16.6 Å². The van der Waals surface area contributed by atoms with Gasteiger partial charge in [0.1, 0.15) is 23.9 Å². The van der Waals surface area contributed by atoms with Crippen molar-refractivity contribution in [1.29, 1.82) is 0 Å². The highest BCUT2D eigenvalue weighted by atomic mass is 79.9. The molecule has 184 valence electrons. The van der Waals surface area contributed by atoms with Gasteiger partial charge >= 0.3 is 11.9 Å². The van der Waals surface area contributed by atoms with E-state index in [-0.39, 0.29) is 21.3 Å². The molecular weight excluding hydrogens is 552 g/mol. The fraction of sp³-hybridized carbons (Fsp3) is 0.200. The summed E-state index contributed by atoms with van der Waals surface area (Å²) in [5, 5.41) is 11.5. The van der Waals surface area contributed by atoms with E-state index >= 15 is 0 Å². The normalized spacial score (nSPS) is 18.4. The van der Waals surface area contributed by atoms with Crippen LogP contribution in [0.4, 0.5) is 5.13 Å². The van der Waals surface area contributed by atoms with Gasteiger partial charge in [-0.15, -0.1) is 0 Å². The number of fused-ring (bicyclic) bond motifs is 1. The molecule has 2 aliphatic rings. The van der Waals surface area contributed by atoms with Crippen LogP contribution in [0.2, 0.25) is 0 Å². The predicted molar refractivity (Wildman–Crippen MR) is 135 cm³/mol. The molecule has 1 N–H and O–H groups in total. The van der Waals surface area contributed by atoms with Crippen LogP contribution >= 0.6 is 27.3 Å². The number of hydrogen-bond acceptors (Lipinski definition) is 9. The van der Waals surface area contributed by atoms with E-state index in [4.69, 9.17) is 14.2 Å². The summed E-state index contributed by atoms with van der Waals surface area (Å²) in [5.41, 5.74) is 1.13. The van der Waals surface area contributed by atoms with E-state index < -0.39 is 23.7 Å².